The van der Waals surface area contributed by atoms with Crippen molar-refractivity contribution in [1.82, 2.24) is 10.3 Å². The van der Waals surface area contributed by atoms with Crippen LogP contribution >= 0.6 is 0 Å². The Morgan fingerprint density at radius 2 is 2.38 bits per heavy atom. The van der Waals surface area contributed by atoms with E-state index < -0.39 is 0 Å². The van der Waals surface area contributed by atoms with Gasteiger partial charge in [-0.15, -0.1) is 0 Å². The van der Waals surface area contributed by atoms with Crippen LogP contribution in [-0.4, -0.2) is 12.0 Å². The second kappa shape index (κ2) is 3.46. The van der Waals surface area contributed by atoms with Gasteiger partial charge in [-0.2, -0.15) is 0 Å². The lowest BCUT2D eigenvalue weighted by atomic mass is 9.82. The van der Waals surface area contributed by atoms with E-state index in [9.17, 15) is 0 Å². The summed E-state index contributed by atoms with van der Waals surface area (Å²) in [5, 5.41) is 3.37. The number of aromatic nitrogens is 1. The first-order valence-corrected chi connectivity index (χ1v) is 4.93. The largest absolute Gasteiger partial charge is 0.313 e. The summed E-state index contributed by atoms with van der Waals surface area (Å²) in [4.78, 5) is 4.19. The molecule has 2 nitrogen and oxygen atoms in total. The maximum absolute atomic E-state index is 4.19. The number of rotatable bonds is 1. The Balaban J connectivity index is 2.39. The zero-order chi connectivity index (χ0) is 9.26. The molecule has 1 N–H and O–H groups in total. The number of hydrogen-bond donors (Lipinski definition) is 1. The van der Waals surface area contributed by atoms with Crippen LogP contribution in [0.25, 0.3) is 0 Å². The summed E-state index contributed by atoms with van der Waals surface area (Å²) >= 11 is 0. The standard InChI is InChI=1S/C11H16N2/c1-8-3-4-9-5-6-13-7-10(9)11(8)12-2/h5-8,11-12H,3-4H2,1-2H3. The third-order valence-corrected chi connectivity index (χ3v) is 3.03. The first-order valence-electron chi connectivity index (χ1n) is 4.93. The molecule has 0 amide bonds. The van der Waals surface area contributed by atoms with E-state index in [0.29, 0.717) is 6.04 Å². The lowest BCUT2D eigenvalue weighted by Crippen LogP contribution is -2.28. The molecule has 2 rings (SSSR count). The third-order valence-electron chi connectivity index (χ3n) is 3.03. The molecule has 2 unspecified atom stereocenters. The SMILES string of the molecule is CNC1c2cnccc2CCC1C. The minimum atomic E-state index is 0.498. The number of aryl methyl sites for hydroxylation is 1. The number of nitrogens with zero attached hydrogens (tertiary/aromatic N) is 1. The van der Waals surface area contributed by atoms with Gasteiger partial charge < -0.3 is 5.32 Å². The van der Waals surface area contributed by atoms with Gasteiger partial charge in [-0.25, -0.2) is 0 Å². The van der Waals surface area contributed by atoms with Crippen molar-refractivity contribution in [3.05, 3.63) is 29.6 Å². The second-order valence-electron chi connectivity index (χ2n) is 3.86. The minimum absolute atomic E-state index is 0.498. The van der Waals surface area contributed by atoms with Crippen LogP contribution in [0.15, 0.2) is 18.5 Å². The van der Waals surface area contributed by atoms with Crippen LogP contribution in [-0.2, 0) is 6.42 Å². The molecule has 0 radical (unpaired) electrons. The molecule has 2 heteroatoms. The van der Waals surface area contributed by atoms with Gasteiger partial charge >= 0.3 is 0 Å². The Morgan fingerprint density at radius 3 is 3.15 bits per heavy atom. The fraction of sp³-hybridized carbons (Fsp3) is 0.545. The highest BCUT2D eigenvalue weighted by Gasteiger charge is 2.24. The Labute approximate surface area is 79.4 Å². The average Bonchev–Trinajstić information content (AvgIpc) is 2.18. The van der Waals surface area contributed by atoms with Gasteiger partial charge in [0.25, 0.3) is 0 Å². The molecular weight excluding hydrogens is 160 g/mol. The highest BCUT2D eigenvalue weighted by atomic mass is 14.9. The van der Waals surface area contributed by atoms with Gasteiger partial charge in [0.2, 0.25) is 0 Å². The molecule has 0 aromatic carbocycles. The topological polar surface area (TPSA) is 24.9 Å². The fourth-order valence-electron chi connectivity index (χ4n) is 2.24. The molecule has 0 aliphatic heterocycles. The van der Waals surface area contributed by atoms with Crippen molar-refractivity contribution in [2.45, 2.75) is 25.8 Å². The van der Waals surface area contributed by atoms with Crippen LogP contribution in [0.2, 0.25) is 0 Å². The Bertz CT molecular complexity index is 296. The van der Waals surface area contributed by atoms with Crippen molar-refractivity contribution in [1.29, 1.82) is 0 Å². The summed E-state index contributed by atoms with van der Waals surface area (Å²) in [5.74, 6) is 0.724. The first kappa shape index (κ1) is 8.70. The van der Waals surface area contributed by atoms with E-state index in [4.69, 9.17) is 0 Å². The van der Waals surface area contributed by atoms with E-state index in [1.807, 2.05) is 19.4 Å². The molecule has 0 saturated carbocycles. The van der Waals surface area contributed by atoms with Crippen molar-refractivity contribution in [3.8, 4) is 0 Å². The normalized spacial score (nSPS) is 26.9. The highest BCUT2D eigenvalue weighted by Crippen LogP contribution is 2.32. The molecule has 0 bridgehead atoms. The lowest BCUT2D eigenvalue weighted by molar-refractivity contribution is 0.363. The summed E-state index contributed by atoms with van der Waals surface area (Å²) in [6.45, 7) is 2.30. The Hall–Kier alpha value is -0.890. The maximum Gasteiger partial charge on any atom is 0.0361 e. The highest BCUT2D eigenvalue weighted by molar-refractivity contribution is 5.29. The molecule has 0 saturated heterocycles. The summed E-state index contributed by atoms with van der Waals surface area (Å²) in [5.41, 5.74) is 2.86. The average molecular weight is 176 g/mol. The maximum atomic E-state index is 4.19. The molecule has 13 heavy (non-hydrogen) atoms. The zero-order valence-electron chi connectivity index (χ0n) is 8.25. The van der Waals surface area contributed by atoms with Crippen molar-refractivity contribution < 1.29 is 0 Å². The van der Waals surface area contributed by atoms with Crippen molar-refractivity contribution in [2.75, 3.05) is 7.05 Å². The van der Waals surface area contributed by atoms with Crippen LogP contribution in [0.4, 0.5) is 0 Å². The molecule has 2 atom stereocenters. The minimum Gasteiger partial charge on any atom is -0.313 e. The van der Waals surface area contributed by atoms with E-state index in [2.05, 4.69) is 23.3 Å². The molecule has 1 heterocycles. The van der Waals surface area contributed by atoms with E-state index in [0.717, 1.165) is 5.92 Å². The number of nitrogens with one attached hydrogen (secondary N) is 1. The Kier molecular flexibility index (Phi) is 2.32. The fourth-order valence-corrected chi connectivity index (χ4v) is 2.24. The van der Waals surface area contributed by atoms with E-state index in [1.54, 1.807) is 0 Å². The van der Waals surface area contributed by atoms with Gasteiger partial charge in [0.05, 0.1) is 0 Å². The van der Waals surface area contributed by atoms with Gasteiger partial charge in [-0.05, 0) is 43.0 Å². The monoisotopic (exact) mass is 176 g/mol. The molecule has 70 valence electrons. The molecule has 0 fully saturated rings. The van der Waals surface area contributed by atoms with Crippen molar-refractivity contribution in [3.63, 3.8) is 0 Å². The second-order valence-corrected chi connectivity index (χ2v) is 3.86. The smallest absolute Gasteiger partial charge is 0.0361 e. The number of pyridine rings is 1. The third kappa shape index (κ3) is 1.46. The van der Waals surface area contributed by atoms with E-state index in [-0.39, 0.29) is 0 Å². The van der Waals surface area contributed by atoms with Gasteiger partial charge in [0.1, 0.15) is 0 Å². The summed E-state index contributed by atoms with van der Waals surface area (Å²) in [6, 6.07) is 2.64. The summed E-state index contributed by atoms with van der Waals surface area (Å²) < 4.78 is 0. The van der Waals surface area contributed by atoms with Crippen molar-refractivity contribution in [2.24, 2.45) is 5.92 Å². The molecule has 0 spiro atoms. The zero-order valence-corrected chi connectivity index (χ0v) is 8.25. The first-order chi connectivity index (χ1) is 6.33. The molecule has 1 aliphatic carbocycles. The number of fused-ring (bicyclic) bond motifs is 1. The van der Waals surface area contributed by atoms with E-state index >= 15 is 0 Å². The summed E-state index contributed by atoms with van der Waals surface area (Å²) in [6.07, 6.45) is 6.38. The van der Waals surface area contributed by atoms with Crippen LogP contribution in [0.1, 0.15) is 30.5 Å². The van der Waals surface area contributed by atoms with Crippen LogP contribution in [0, 0.1) is 5.92 Å². The quantitative estimate of drug-likeness (QED) is 0.707. The van der Waals surface area contributed by atoms with Gasteiger partial charge in [-0.3, -0.25) is 4.98 Å². The van der Waals surface area contributed by atoms with Crippen molar-refractivity contribution >= 4 is 0 Å². The van der Waals surface area contributed by atoms with Crippen LogP contribution in [0.5, 0.6) is 0 Å². The van der Waals surface area contributed by atoms with Gasteiger partial charge in [0, 0.05) is 18.4 Å². The predicted octanol–water partition coefficient (Wildman–Crippen LogP) is 1.92. The van der Waals surface area contributed by atoms with E-state index in [1.165, 1.54) is 24.0 Å². The summed E-state index contributed by atoms with van der Waals surface area (Å²) in [7, 11) is 2.03. The van der Waals surface area contributed by atoms with Gasteiger partial charge in [0.15, 0.2) is 0 Å². The molecule has 1 aliphatic rings. The van der Waals surface area contributed by atoms with Gasteiger partial charge in [-0.1, -0.05) is 6.92 Å². The molecule has 1 aromatic rings. The molecule has 1 aromatic heterocycles. The number of hydrogen-bond acceptors (Lipinski definition) is 2. The van der Waals surface area contributed by atoms with Crippen LogP contribution < -0.4 is 5.32 Å². The lowest BCUT2D eigenvalue weighted by Gasteiger charge is -2.30. The Morgan fingerprint density at radius 1 is 1.54 bits per heavy atom. The van der Waals surface area contributed by atoms with Crippen LogP contribution in [0.3, 0.4) is 0 Å². The predicted molar refractivity (Wildman–Crippen MR) is 53.5 cm³/mol. The molecular formula is C11H16N2.